The summed E-state index contributed by atoms with van der Waals surface area (Å²) in [6.07, 6.45) is -6.00. The molecule has 16 heavy (non-hydrogen) atoms. The molecule has 0 aliphatic heterocycles. The van der Waals surface area contributed by atoms with Crippen LogP contribution >= 0.6 is 0 Å². The minimum absolute atomic E-state index is 0.197. The number of carbonyl (C=O) groups is 1. The van der Waals surface area contributed by atoms with Crippen molar-refractivity contribution in [2.45, 2.75) is 19.0 Å². The lowest BCUT2D eigenvalue weighted by atomic mass is 10.1. The molecular weight excluding hydrogens is 219 g/mol. The van der Waals surface area contributed by atoms with Crippen LogP contribution in [0.15, 0.2) is 24.3 Å². The molecule has 1 rings (SSSR count). The van der Waals surface area contributed by atoms with Gasteiger partial charge in [0.05, 0.1) is 18.1 Å². The van der Waals surface area contributed by atoms with Crippen LogP contribution in [0.5, 0.6) is 0 Å². The van der Waals surface area contributed by atoms with E-state index in [9.17, 15) is 18.0 Å². The zero-order chi connectivity index (χ0) is 12.2. The number of hydrogen-bond acceptors (Lipinski definition) is 2. The Kier molecular flexibility index (Phi) is 3.67. The summed E-state index contributed by atoms with van der Waals surface area (Å²) >= 11 is 0. The Hall–Kier alpha value is -1.83. The maximum Gasteiger partial charge on any atom is 0.389 e. The van der Waals surface area contributed by atoms with Crippen molar-refractivity contribution in [1.29, 1.82) is 5.26 Å². The summed E-state index contributed by atoms with van der Waals surface area (Å²) in [6, 6.07) is 7.38. The number of carbonyl (C=O) groups excluding carboxylic acids is 1. The van der Waals surface area contributed by atoms with Crippen LogP contribution in [0.25, 0.3) is 0 Å². The molecule has 0 radical (unpaired) electrons. The predicted molar refractivity (Wildman–Crippen MR) is 50.8 cm³/mol. The largest absolute Gasteiger partial charge is 0.389 e. The Bertz CT molecular complexity index is 414. The van der Waals surface area contributed by atoms with Gasteiger partial charge in [-0.05, 0) is 12.1 Å². The predicted octanol–water partition coefficient (Wildman–Crippen LogP) is 3.08. The molecule has 1 aromatic carbocycles. The zero-order valence-electron chi connectivity index (χ0n) is 8.21. The Morgan fingerprint density at radius 1 is 1.25 bits per heavy atom. The van der Waals surface area contributed by atoms with Gasteiger partial charge in [-0.2, -0.15) is 18.4 Å². The van der Waals surface area contributed by atoms with Crippen molar-refractivity contribution in [2.24, 2.45) is 0 Å². The second-order valence-corrected chi connectivity index (χ2v) is 3.23. The Morgan fingerprint density at radius 3 is 2.25 bits per heavy atom. The monoisotopic (exact) mass is 227 g/mol. The molecule has 84 valence electrons. The van der Waals surface area contributed by atoms with E-state index in [0.29, 0.717) is 5.56 Å². The number of benzene rings is 1. The molecule has 0 amide bonds. The van der Waals surface area contributed by atoms with Gasteiger partial charge in [-0.25, -0.2) is 0 Å². The van der Waals surface area contributed by atoms with E-state index in [-0.39, 0.29) is 5.56 Å². The van der Waals surface area contributed by atoms with Crippen molar-refractivity contribution in [1.82, 2.24) is 0 Å². The molecule has 1 aromatic rings. The molecule has 0 spiro atoms. The van der Waals surface area contributed by atoms with Crippen LogP contribution in [-0.2, 0) is 0 Å². The van der Waals surface area contributed by atoms with Crippen molar-refractivity contribution in [3.8, 4) is 6.07 Å². The highest BCUT2D eigenvalue weighted by molar-refractivity contribution is 5.96. The maximum atomic E-state index is 11.9. The summed E-state index contributed by atoms with van der Waals surface area (Å²) in [4.78, 5) is 11.3. The first-order valence-electron chi connectivity index (χ1n) is 4.52. The summed E-state index contributed by atoms with van der Waals surface area (Å²) in [5.74, 6) is -0.568. The molecule has 0 saturated carbocycles. The van der Waals surface area contributed by atoms with E-state index in [4.69, 9.17) is 5.26 Å². The number of nitrogens with zero attached hydrogens (tertiary/aromatic N) is 1. The Balaban J connectivity index is 2.64. The molecule has 2 nitrogen and oxygen atoms in total. The van der Waals surface area contributed by atoms with E-state index in [1.807, 2.05) is 6.07 Å². The summed E-state index contributed by atoms with van der Waals surface area (Å²) in [5.41, 5.74) is 0.565. The molecular formula is C11H8F3NO. The minimum Gasteiger partial charge on any atom is -0.294 e. The van der Waals surface area contributed by atoms with Crippen molar-refractivity contribution in [3.63, 3.8) is 0 Å². The Morgan fingerprint density at radius 2 is 1.81 bits per heavy atom. The van der Waals surface area contributed by atoms with Gasteiger partial charge in [0.2, 0.25) is 0 Å². The normalized spacial score (nSPS) is 10.9. The van der Waals surface area contributed by atoms with E-state index in [1.54, 1.807) is 0 Å². The highest BCUT2D eigenvalue weighted by Crippen LogP contribution is 2.22. The summed E-state index contributed by atoms with van der Waals surface area (Å²) in [7, 11) is 0. The fourth-order valence-corrected chi connectivity index (χ4v) is 1.13. The van der Waals surface area contributed by atoms with Crippen LogP contribution in [0.2, 0.25) is 0 Å². The van der Waals surface area contributed by atoms with Gasteiger partial charge in [0.15, 0.2) is 5.78 Å². The van der Waals surface area contributed by atoms with Gasteiger partial charge in [0.1, 0.15) is 0 Å². The second kappa shape index (κ2) is 4.79. The molecule has 0 fully saturated rings. The van der Waals surface area contributed by atoms with Gasteiger partial charge >= 0.3 is 6.18 Å². The summed E-state index contributed by atoms with van der Waals surface area (Å²) < 4.78 is 35.6. The van der Waals surface area contributed by atoms with Crippen LogP contribution in [0.4, 0.5) is 13.2 Å². The van der Waals surface area contributed by atoms with Crippen LogP contribution in [0, 0.1) is 11.3 Å². The fourth-order valence-electron chi connectivity index (χ4n) is 1.13. The second-order valence-electron chi connectivity index (χ2n) is 3.23. The van der Waals surface area contributed by atoms with E-state index in [2.05, 4.69) is 0 Å². The lowest BCUT2D eigenvalue weighted by molar-refractivity contribution is -0.133. The van der Waals surface area contributed by atoms with Gasteiger partial charge in [-0.3, -0.25) is 4.79 Å². The lowest BCUT2D eigenvalue weighted by Gasteiger charge is -2.05. The maximum absolute atomic E-state index is 11.9. The number of hydrogen-bond donors (Lipinski definition) is 0. The molecule has 0 unspecified atom stereocenters. The lowest BCUT2D eigenvalue weighted by Crippen LogP contribution is -2.10. The molecule has 0 heterocycles. The van der Waals surface area contributed by atoms with E-state index in [1.165, 1.54) is 24.3 Å². The number of alkyl halides is 3. The smallest absolute Gasteiger partial charge is 0.294 e. The molecule has 5 heteroatoms. The van der Waals surface area contributed by atoms with Gasteiger partial charge < -0.3 is 0 Å². The number of halogens is 3. The highest BCUT2D eigenvalue weighted by atomic mass is 19.4. The van der Waals surface area contributed by atoms with Crippen LogP contribution in [-0.4, -0.2) is 12.0 Å². The first kappa shape index (κ1) is 12.2. The highest BCUT2D eigenvalue weighted by Gasteiger charge is 2.28. The standard InChI is InChI=1S/C11H8F3NO/c12-11(13,14)6-5-10(16)9-3-1-8(7-15)2-4-9/h1-4H,5-6H2. The quantitative estimate of drug-likeness (QED) is 0.744. The van der Waals surface area contributed by atoms with Crippen molar-refractivity contribution >= 4 is 5.78 Å². The first-order valence-corrected chi connectivity index (χ1v) is 4.52. The fraction of sp³-hybridized carbons (Fsp3) is 0.273. The van der Waals surface area contributed by atoms with Gasteiger partial charge in [-0.1, -0.05) is 12.1 Å². The minimum atomic E-state index is -4.32. The molecule has 0 atom stereocenters. The molecule has 0 bridgehead atoms. The molecule has 0 aliphatic rings. The average Bonchev–Trinajstić information content (AvgIpc) is 2.25. The number of rotatable bonds is 3. The van der Waals surface area contributed by atoms with E-state index < -0.39 is 24.8 Å². The van der Waals surface area contributed by atoms with E-state index in [0.717, 1.165) is 0 Å². The van der Waals surface area contributed by atoms with Crippen molar-refractivity contribution in [3.05, 3.63) is 35.4 Å². The number of Topliss-reactive ketones (excluding diaryl/α,β-unsaturated/α-hetero) is 1. The third-order valence-electron chi connectivity index (χ3n) is 1.97. The van der Waals surface area contributed by atoms with Crippen LogP contribution in [0.3, 0.4) is 0 Å². The van der Waals surface area contributed by atoms with Gasteiger partial charge in [0, 0.05) is 12.0 Å². The first-order chi connectivity index (χ1) is 7.42. The van der Waals surface area contributed by atoms with E-state index >= 15 is 0 Å². The van der Waals surface area contributed by atoms with Gasteiger partial charge in [0.25, 0.3) is 0 Å². The topological polar surface area (TPSA) is 40.9 Å². The molecule has 0 aliphatic carbocycles. The third kappa shape index (κ3) is 3.73. The molecule has 0 saturated heterocycles. The van der Waals surface area contributed by atoms with Crippen molar-refractivity contribution < 1.29 is 18.0 Å². The summed E-state index contributed by atoms with van der Waals surface area (Å²) in [6.45, 7) is 0. The molecule has 0 aromatic heterocycles. The number of nitriles is 1. The van der Waals surface area contributed by atoms with Crippen LogP contribution < -0.4 is 0 Å². The number of ketones is 1. The third-order valence-corrected chi connectivity index (χ3v) is 1.97. The van der Waals surface area contributed by atoms with Crippen molar-refractivity contribution in [2.75, 3.05) is 0 Å². The molecule has 0 N–H and O–H groups in total. The summed E-state index contributed by atoms with van der Waals surface area (Å²) in [5, 5.41) is 8.49. The van der Waals surface area contributed by atoms with Gasteiger partial charge in [-0.15, -0.1) is 0 Å². The van der Waals surface area contributed by atoms with Crippen LogP contribution in [0.1, 0.15) is 28.8 Å². The zero-order valence-corrected chi connectivity index (χ0v) is 8.21. The average molecular weight is 227 g/mol. The SMILES string of the molecule is N#Cc1ccc(C(=O)CCC(F)(F)F)cc1. The Labute approximate surface area is 90.3 Å².